The zero-order valence-electron chi connectivity index (χ0n) is 18.5. The zero-order valence-corrected chi connectivity index (χ0v) is 20.0. The number of nitrogens with one attached hydrogen (secondary N) is 1. The molecule has 0 heterocycles. The number of nitriles is 1. The summed E-state index contributed by atoms with van der Waals surface area (Å²) in [7, 11) is 1.51. The van der Waals surface area contributed by atoms with Crippen molar-refractivity contribution in [3.8, 4) is 17.6 Å². The summed E-state index contributed by atoms with van der Waals surface area (Å²) in [6, 6.07) is 18.9. The van der Waals surface area contributed by atoms with E-state index in [1.807, 2.05) is 37.3 Å². The van der Waals surface area contributed by atoms with Crippen LogP contribution in [0.2, 0.25) is 0 Å². The lowest BCUT2D eigenvalue weighted by Gasteiger charge is -2.14. The Hall–Kier alpha value is -4.09. The highest BCUT2D eigenvalue weighted by molar-refractivity contribution is 9.10. The minimum absolute atomic E-state index is 0.0932. The van der Waals surface area contributed by atoms with Crippen molar-refractivity contribution >= 4 is 39.6 Å². The lowest BCUT2D eigenvalue weighted by molar-refractivity contribution is -0.112. The van der Waals surface area contributed by atoms with E-state index in [0.29, 0.717) is 33.8 Å². The SMILES string of the molecule is COc1cc(/C=C(\C#N)C(=O)Nc2ccc(C(=O)O)cc2)cc(Br)c1OCc1ccc(C)cc1. The van der Waals surface area contributed by atoms with Gasteiger partial charge in [-0.1, -0.05) is 29.8 Å². The number of ether oxygens (including phenoxy) is 2. The topological polar surface area (TPSA) is 109 Å². The molecule has 0 saturated carbocycles. The van der Waals surface area contributed by atoms with Gasteiger partial charge in [0.15, 0.2) is 11.5 Å². The van der Waals surface area contributed by atoms with Crippen LogP contribution in [0.1, 0.15) is 27.0 Å². The molecule has 0 fully saturated rings. The van der Waals surface area contributed by atoms with Crippen LogP contribution in [0.25, 0.3) is 6.08 Å². The van der Waals surface area contributed by atoms with E-state index in [4.69, 9.17) is 14.6 Å². The number of hydrogen-bond acceptors (Lipinski definition) is 5. The molecule has 0 bridgehead atoms. The third-order valence-corrected chi connectivity index (χ3v) is 5.41. The summed E-state index contributed by atoms with van der Waals surface area (Å²) in [5.74, 6) is -0.752. The standard InChI is InChI=1S/C26H21BrN2O5/c1-16-3-5-17(6-4-16)15-34-24-22(27)12-18(13-23(24)33-2)11-20(14-28)25(30)29-21-9-7-19(8-10-21)26(31)32/h3-13H,15H2,1-2H3,(H,29,30)(H,31,32)/b20-11+. The first kappa shape index (κ1) is 24.6. The van der Waals surface area contributed by atoms with Crippen LogP contribution >= 0.6 is 15.9 Å². The quantitative estimate of drug-likeness (QED) is 0.296. The number of carboxylic acid groups (broad SMARTS) is 1. The van der Waals surface area contributed by atoms with E-state index in [1.165, 1.54) is 37.5 Å². The molecule has 0 atom stereocenters. The molecule has 3 aromatic rings. The fourth-order valence-corrected chi connectivity index (χ4v) is 3.59. The second-order valence-corrected chi connectivity index (χ2v) is 8.17. The van der Waals surface area contributed by atoms with Gasteiger partial charge in [0, 0.05) is 5.69 Å². The average molecular weight is 521 g/mol. The van der Waals surface area contributed by atoms with Crippen molar-refractivity contribution in [3.63, 3.8) is 0 Å². The van der Waals surface area contributed by atoms with Gasteiger partial charge in [0.2, 0.25) is 0 Å². The first-order chi connectivity index (χ1) is 16.3. The molecular weight excluding hydrogens is 500 g/mol. The van der Waals surface area contributed by atoms with Gasteiger partial charge >= 0.3 is 5.97 Å². The number of carboxylic acids is 1. The lowest BCUT2D eigenvalue weighted by atomic mass is 10.1. The summed E-state index contributed by atoms with van der Waals surface area (Å²) in [5.41, 5.74) is 3.05. The zero-order chi connectivity index (χ0) is 24.7. The summed E-state index contributed by atoms with van der Waals surface area (Å²) < 4.78 is 12.0. The van der Waals surface area contributed by atoms with Crippen molar-refractivity contribution in [2.75, 3.05) is 12.4 Å². The number of aryl methyl sites for hydroxylation is 1. The van der Waals surface area contributed by atoms with E-state index in [1.54, 1.807) is 12.1 Å². The first-order valence-electron chi connectivity index (χ1n) is 10.1. The third kappa shape index (κ3) is 6.24. The number of halogens is 1. The monoisotopic (exact) mass is 520 g/mol. The molecular formula is C26H21BrN2O5. The summed E-state index contributed by atoms with van der Waals surface area (Å²) in [6.45, 7) is 2.36. The van der Waals surface area contributed by atoms with Crippen LogP contribution in [-0.4, -0.2) is 24.1 Å². The number of amides is 1. The molecule has 2 N–H and O–H groups in total. The van der Waals surface area contributed by atoms with Crippen LogP contribution in [0.3, 0.4) is 0 Å². The van der Waals surface area contributed by atoms with Gasteiger partial charge < -0.3 is 19.9 Å². The number of nitrogens with zero attached hydrogens (tertiary/aromatic N) is 1. The molecule has 34 heavy (non-hydrogen) atoms. The Morgan fingerprint density at radius 2 is 1.79 bits per heavy atom. The molecule has 1 amide bonds. The van der Waals surface area contributed by atoms with Gasteiger partial charge in [0.25, 0.3) is 5.91 Å². The van der Waals surface area contributed by atoms with Crippen molar-refractivity contribution in [1.29, 1.82) is 5.26 Å². The van der Waals surface area contributed by atoms with E-state index >= 15 is 0 Å². The summed E-state index contributed by atoms with van der Waals surface area (Å²) in [6.07, 6.45) is 1.43. The van der Waals surface area contributed by atoms with Gasteiger partial charge in [-0.15, -0.1) is 0 Å². The summed E-state index contributed by atoms with van der Waals surface area (Å²) >= 11 is 3.48. The van der Waals surface area contributed by atoms with Crippen LogP contribution < -0.4 is 14.8 Å². The minimum atomic E-state index is -1.07. The van der Waals surface area contributed by atoms with Crippen LogP contribution in [0, 0.1) is 18.3 Å². The van der Waals surface area contributed by atoms with E-state index in [2.05, 4.69) is 21.2 Å². The molecule has 0 radical (unpaired) electrons. The van der Waals surface area contributed by atoms with Crippen LogP contribution in [0.5, 0.6) is 11.5 Å². The van der Waals surface area contributed by atoms with E-state index < -0.39 is 11.9 Å². The maximum absolute atomic E-state index is 12.6. The molecule has 7 nitrogen and oxygen atoms in total. The molecule has 0 spiro atoms. The van der Waals surface area contributed by atoms with Gasteiger partial charge in [-0.3, -0.25) is 4.79 Å². The van der Waals surface area contributed by atoms with Gasteiger partial charge in [-0.25, -0.2) is 4.79 Å². The molecule has 0 unspecified atom stereocenters. The minimum Gasteiger partial charge on any atom is -0.493 e. The van der Waals surface area contributed by atoms with Crippen molar-refractivity contribution in [1.82, 2.24) is 0 Å². The molecule has 0 aliphatic carbocycles. The lowest BCUT2D eigenvalue weighted by Crippen LogP contribution is -2.13. The van der Waals surface area contributed by atoms with Gasteiger partial charge in [0.1, 0.15) is 18.2 Å². The molecule has 172 valence electrons. The Balaban J connectivity index is 1.78. The molecule has 3 rings (SSSR count). The highest BCUT2D eigenvalue weighted by Crippen LogP contribution is 2.37. The average Bonchev–Trinajstić information content (AvgIpc) is 2.82. The van der Waals surface area contributed by atoms with Crippen molar-refractivity contribution in [3.05, 3.63) is 93.0 Å². The Morgan fingerprint density at radius 3 is 2.38 bits per heavy atom. The normalized spacial score (nSPS) is 10.8. The third-order valence-electron chi connectivity index (χ3n) is 4.82. The molecule has 0 aliphatic heterocycles. The highest BCUT2D eigenvalue weighted by Gasteiger charge is 2.15. The Morgan fingerprint density at radius 1 is 1.12 bits per heavy atom. The van der Waals surface area contributed by atoms with Crippen LogP contribution in [0.15, 0.2) is 70.7 Å². The fraction of sp³-hybridized carbons (Fsp3) is 0.115. The Labute approximate surface area is 205 Å². The van der Waals surface area contributed by atoms with E-state index in [-0.39, 0.29) is 11.1 Å². The predicted molar refractivity (Wildman–Crippen MR) is 132 cm³/mol. The van der Waals surface area contributed by atoms with Gasteiger partial charge in [-0.2, -0.15) is 5.26 Å². The van der Waals surface area contributed by atoms with Crippen molar-refractivity contribution < 1.29 is 24.2 Å². The number of rotatable bonds is 8. The molecule has 0 aliphatic rings. The van der Waals surface area contributed by atoms with E-state index in [0.717, 1.165) is 11.1 Å². The number of carbonyl (C=O) groups is 2. The predicted octanol–water partition coefficient (Wildman–Crippen LogP) is 5.59. The molecule has 3 aromatic carbocycles. The molecule has 0 aromatic heterocycles. The first-order valence-corrected chi connectivity index (χ1v) is 10.9. The van der Waals surface area contributed by atoms with Gasteiger partial charge in [-0.05, 0) is 76.5 Å². The largest absolute Gasteiger partial charge is 0.493 e. The Kier molecular flexibility index (Phi) is 8.06. The maximum atomic E-state index is 12.6. The second-order valence-electron chi connectivity index (χ2n) is 7.31. The highest BCUT2D eigenvalue weighted by atomic mass is 79.9. The smallest absolute Gasteiger partial charge is 0.335 e. The second kappa shape index (κ2) is 11.2. The summed E-state index contributed by atoms with van der Waals surface area (Å²) in [4.78, 5) is 23.5. The fourth-order valence-electron chi connectivity index (χ4n) is 3.01. The summed E-state index contributed by atoms with van der Waals surface area (Å²) in [5, 5.41) is 21.1. The number of hydrogen-bond donors (Lipinski definition) is 2. The van der Waals surface area contributed by atoms with Crippen molar-refractivity contribution in [2.45, 2.75) is 13.5 Å². The van der Waals surface area contributed by atoms with E-state index in [9.17, 15) is 14.9 Å². The molecule has 0 saturated heterocycles. The number of benzene rings is 3. The number of methoxy groups -OCH3 is 1. The maximum Gasteiger partial charge on any atom is 0.335 e. The van der Waals surface area contributed by atoms with Crippen LogP contribution in [0.4, 0.5) is 5.69 Å². The van der Waals surface area contributed by atoms with Crippen molar-refractivity contribution in [2.24, 2.45) is 0 Å². The number of carbonyl (C=O) groups excluding carboxylic acids is 1. The number of anilines is 1. The van der Waals surface area contributed by atoms with Crippen LogP contribution in [-0.2, 0) is 11.4 Å². The van der Waals surface area contributed by atoms with Gasteiger partial charge in [0.05, 0.1) is 17.1 Å². The molecule has 8 heteroatoms. The number of aromatic carboxylic acids is 1. The Bertz CT molecular complexity index is 1280.